The van der Waals surface area contributed by atoms with Crippen LogP contribution in [0.5, 0.6) is 0 Å². The number of hydrogen-bond donors (Lipinski definition) is 2. The molecule has 0 spiro atoms. The number of hydrogen-bond acceptors (Lipinski definition) is 2. The summed E-state index contributed by atoms with van der Waals surface area (Å²) in [6.45, 7) is 6.65. The molecule has 1 fully saturated rings. The average molecular weight is 423 g/mol. The van der Waals surface area contributed by atoms with E-state index >= 15 is 0 Å². The molecule has 1 aromatic carbocycles. The molecule has 1 aromatic rings. The molecule has 1 amide bonds. The summed E-state index contributed by atoms with van der Waals surface area (Å²) in [5, 5.41) is 6.83. The first-order chi connectivity index (χ1) is 12.5. The number of amides is 1. The predicted octanol–water partition coefficient (Wildman–Crippen LogP) is 3.19. The molecule has 26 heavy (non-hydrogen) atoms. The lowest BCUT2D eigenvalue weighted by Gasteiger charge is -2.31. The molecule has 2 N–H and O–H groups in total. The summed E-state index contributed by atoms with van der Waals surface area (Å²) < 4.78 is 1.12. The maximum atomic E-state index is 11.7. The van der Waals surface area contributed by atoms with E-state index in [1.54, 1.807) is 4.90 Å². The molecule has 144 valence electrons. The third-order valence-electron chi connectivity index (χ3n) is 4.81. The van der Waals surface area contributed by atoms with E-state index in [2.05, 4.69) is 64.7 Å². The Hall–Kier alpha value is -1.56. The number of aliphatic imine (C=N–C) groups is 1. The molecule has 1 heterocycles. The van der Waals surface area contributed by atoms with Crippen molar-refractivity contribution in [1.82, 2.24) is 15.5 Å². The fourth-order valence-electron chi connectivity index (χ4n) is 3.20. The molecule has 2 unspecified atom stereocenters. The van der Waals surface area contributed by atoms with Crippen molar-refractivity contribution in [3.05, 3.63) is 34.3 Å². The Morgan fingerprint density at radius 3 is 2.88 bits per heavy atom. The summed E-state index contributed by atoms with van der Waals surface area (Å²) in [6, 6.07) is 8.77. The Labute approximate surface area is 165 Å². The minimum absolute atomic E-state index is 0.227. The van der Waals surface area contributed by atoms with Gasteiger partial charge in [-0.1, -0.05) is 41.4 Å². The standard InChI is InChI=1S/C20H31BrN4O/c1-4-15(11-16-7-6-8-17(21)12-16)13-23-20(22-5-2)24-18-9-10-19(26)25(3)14-18/h6-8,12,15,18H,4-5,9-11,13-14H2,1-3H3,(H2,22,23,24). The van der Waals surface area contributed by atoms with Gasteiger partial charge >= 0.3 is 0 Å². The quantitative estimate of drug-likeness (QED) is 0.523. The summed E-state index contributed by atoms with van der Waals surface area (Å²) in [7, 11) is 1.87. The highest BCUT2D eigenvalue weighted by Gasteiger charge is 2.23. The molecule has 5 nitrogen and oxygen atoms in total. The number of halogens is 1. The van der Waals surface area contributed by atoms with Crippen LogP contribution in [0.15, 0.2) is 33.7 Å². The molecule has 1 aliphatic heterocycles. The summed E-state index contributed by atoms with van der Waals surface area (Å²) in [5.74, 6) is 1.59. The first kappa shape index (κ1) is 20.7. The zero-order valence-electron chi connectivity index (χ0n) is 16.1. The molecule has 0 bridgehead atoms. The SMILES string of the molecule is CCNC(=NCC(CC)Cc1cccc(Br)c1)NC1CCC(=O)N(C)C1. The van der Waals surface area contributed by atoms with E-state index < -0.39 is 0 Å². The zero-order valence-corrected chi connectivity index (χ0v) is 17.7. The van der Waals surface area contributed by atoms with Gasteiger partial charge in [-0.2, -0.15) is 0 Å². The monoisotopic (exact) mass is 422 g/mol. The maximum absolute atomic E-state index is 11.7. The van der Waals surface area contributed by atoms with E-state index in [4.69, 9.17) is 4.99 Å². The van der Waals surface area contributed by atoms with Gasteiger partial charge in [0, 0.05) is 43.6 Å². The lowest BCUT2D eigenvalue weighted by Crippen LogP contribution is -2.51. The topological polar surface area (TPSA) is 56.7 Å². The van der Waals surface area contributed by atoms with Gasteiger partial charge in [0.1, 0.15) is 0 Å². The number of likely N-dealkylation sites (tertiary alicyclic amines) is 1. The Balaban J connectivity index is 1.94. The van der Waals surface area contributed by atoms with Crippen molar-refractivity contribution in [1.29, 1.82) is 0 Å². The van der Waals surface area contributed by atoms with Crippen LogP contribution in [0.2, 0.25) is 0 Å². The second-order valence-corrected chi connectivity index (χ2v) is 7.90. The predicted molar refractivity (Wildman–Crippen MR) is 111 cm³/mol. The highest BCUT2D eigenvalue weighted by atomic mass is 79.9. The lowest BCUT2D eigenvalue weighted by atomic mass is 9.97. The molecular formula is C20H31BrN4O. The smallest absolute Gasteiger partial charge is 0.222 e. The number of rotatable bonds is 7. The molecule has 0 aromatic heterocycles. The highest BCUT2D eigenvalue weighted by Crippen LogP contribution is 2.17. The van der Waals surface area contributed by atoms with Crippen LogP contribution in [-0.4, -0.2) is 49.5 Å². The van der Waals surface area contributed by atoms with E-state index in [-0.39, 0.29) is 11.9 Å². The van der Waals surface area contributed by atoms with E-state index in [1.165, 1.54) is 5.56 Å². The number of likely N-dealkylation sites (N-methyl/N-ethyl adjacent to an activating group) is 1. The van der Waals surface area contributed by atoms with Crippen LogP contribution in [0.4, 0.5) is 0 Å². The van der Waals surface area contributed by atoms with E-state index in [1.807, 2.05) is 7.05 Å². The average Bonchev–Trinajstić information content (AvgIpc) is 2.61. The van der Waals surface area contributed by atoms with E-state index in [0.29, 0.717) is 12.3 Å². The first-order valence-electron chi connectivity index (χ1n) is 9.55. The minimum atomic E-state index is 0.227. The Morgan fingerprint density at radius 1 is 1.42 bits per heavy atom. The number of benzene rings is 1. The molecule has 0 saturated carbocycles. The van der Waals surface area contributed by atoms with Crippen LogP contribution in [0.1, 0.15) is 38.7 Å². The fourth-order valence-corrected chi connectivity index (χ4v) is 3.65. The van der Waals surface area contributed by atoms with Gasteiger partial charge in [-0.25, -0.2) is 0 Å². The summed E-state index contributed by atoms with van der Waals surface area (Å²) in [5.41, 5.74) is 1.34. The molecule has 0 aliphatic carbocycles. The van der Waals surface area contributed by atoms with Gasteiger partial charge in [0.2, 0.25) is 5.91 Å². The molecular weight excluding hydrogens is 392 g/mol. The fraction of sp³-hybridized carbons (Fsp3) is 0.600. The van der Waals surface area contributed by atoms with Crippen molar-refractivity contribution in [2.45, 2.75) is 45.6 Å². The number of piperidine rings is 1. The van der Waals surface area contributed by atoms with Crippen LogP contribution in [0, 0.1) is 5.92 Å². The second-order valence-electron chi connectivity index (χ2n) is 6.98. The van der Waals surface area contributed by atoms with Crippen molar-refractivity contribution >= 4 is 27.8 Å². The minimum Gasteiger partial charge on any atom is -0.357 e. The molecule has 0 radical (unpaired) electrons. The molecule has 2 atom stereocenters. The maximum Gasteiger partial charge on any atom is 0.222 e. The number of nitrogens with one attached hydrogen (secondary N) is 2. The van der Waals surface area contributed by atoms with Crippen molar-refractivity contribution in [3.8, 4) is 0 Å². The summed E-state index contributed by atoms with van der Waals surface area (Å²) in [6.07, 6.45) is 3.59. The molecule has 1 saturated heterocycles. The Morgan fingerprint density at radius 2 is 2.23 bits per heavy atom. The lowest BCUT2D eigenvalue weighted by molar-refractivity contribution is -0.132. The van der Waals surface area contributed by atoms with Gasteiger partial charge in [0.05, 0.1) is 0 Å². The third kappa shape index (κ3) is 6.63. The Bertz CT molecular complexity index is 620. The molecule has 2 rings (SSSR count). The number of guanidine groups is 1. The normalized spacial score (nSPS) is 19.4. The number of carbonyl (C=O) groups excluding carboxylic acids is 1. The van der Waals surface area contributed by atoms with Crippen LogP contribution in [0.3, 0.4) is 0 Å². The van der Waals surface area contributed by atoms with Gasteiger partial charge in [-0.05, 0) is 43.4 Å². The number of nitrogens with zero attached hydrogens (tertiary/aromatic N) is 2. The van der Waals surface area contributed by atoms with Crippen LogP contribution >= 0.6 is 15.9 Å². The highest BCUT2D eigenvalue weighted by molar-refractivity contribution is 9.10. The summed E-state index contributed by atoms with van der Waals surface area (Å²) >= 11 is 3.55. The van der Waals surface area contributed by atoms with Gasteiger partial charge in [0.25, 0.3) is 0 Å². The zero-order chi connectivity index (χ0) is 18.9. The molecule has 6 heteroatoms. The largest absolute Gasteiger partial charge is 0.357 e. The van der Waals surface area contributed by atoms with Crippen LogP contribution in [-0.2, 0) is 11.2 Å². The summed E-state index contributed by atoms with van der Waals surface area (Å²) in [4.78, 5) is 18.3. The first-order valence-corrected chi connectivity index (χ1v) is 10.3. The second kappa shape index (κ2) is 10.6. The number of carbonyl (C=O) groups is 1. The van der Waals surface area contributed by atoms with Crippen molar-refractivity contribution in [3.63, 3.8) is 0 Å². The van der Waals surface area contributed by atoms with E-state index in [0.717, 1.165) is 49.3 Å². The van der Waals surface area contributed by atoms with Gasteiger partial charge in [-0.3, -0.25) is 9.79 Å². The van der Waals surface area contributed by atoms with Crippen molar-refractivity contribution in [2.75, 3.05) is 26.7 Å². The van der Waals surface area contributed by atoms with Gasteiger partial charge in [0.15, 0.2) is 5.96 Å². The van der Waals surface area contributed by atoms with Crippen LogP contribution in [0.25, 0.3) is 0 Å². The Kier molecular flexibility index (Phi) is 8.42. The van der Waals surface area contributed by atoms with Gasteiger partial charge < -0.3 is 15.5 Å². The van der Waals surface area contributed by atoms with Gasteiger partial charge in [-0.15, -0.1) is 0 Å². The van der Waals surface area contributed by atoms with E-state index in [9.17, 15) is 4.79 Å². The third-order valence-corrected chi connectivity index (χ3v) is 5.30. The van der Waals surface area contributed by atoms with Crippen LogP contribution < -0.4 is 10.6 Å². The molecule has 1 aliphatic rings. The van der Waals surface area contributed by atoms with Crippen molar-refractivity contribution < 1.29 is 4.79 Å². The van der Waals surface area contributed by atoms with Crippen molar-refractivity contribution in [2.24, 2.45) is 10.9 Å².